The molecule has 124 valence electrons. The Kier molecular flexibility index (Phi) is 3.39. The number of benzene rings is 3. The van der Waals surface area contributed by atoms with E-state index in [4.69, 9.17) is 0 Å². The Morgan fingerprint density at radius 2 is 1.77 bits per heavy atom. The van der Waals surface area contributed by atoms with Crippen molar-refractivity contribution in [3.63, 3.8) is 0 Å². The zero-order valence-electron chi connectivity index (χ0n) is 14.0. The maximum atomic E-state index is 4.64. The molecule has 2 aromatic heterocycles. The molecule has 26 heavy (non-hydrogen) atoms. The number of nitrogens with one attached hydrogen (secondary N) is 1. The molecule has 3 aromatic carbocycles. The highest BCUT2D eigenvalue weighted by molar-refractivity contribution is 5.99. The van der Waals surface area contributed by atoms with Crippen LogP contribution < -0.4 is 0 Å². The Labute approximate surface area is 150 Å². The average Bonchev–Trinajstić information content (AvgIpc) is 3.31. The van der Waals surface area contributed by atoms with Crippen molar-refractivity contribution in [1.82, 2.24) is 14.5 Å². The third-order valence-electron chi connectivity index (χ3n) is 4.54. The highest BCUT2D eigenvalue weighted by Crippen LogP contribution is 2.23. The standard InChI is InChI=1S/C22H16N4/c1-2-6-18(7-3-1)26-15-25-21-12-17(10-11-22(21)26)23-13-16-14-24-20-9-5-4-8-19(16)20/h1-15,24H. The molecule has 0 aliphatic carbocycles. The van der Waals surface area contributed by atoms with Gasteiger partial charge < -0.3 is 4.98 Å². The first kappa shape index (κ1) is 14.7. The van der Waals surface area contributed by atoms with Crippen LogP contribution in [0.4, 0.5) is 5.69 Å². The second-order valence-electron chi connectivity index (χ2n) is 6.17. The molecule has 0 atom stereocenters. The van der Waals surface area contributed by atoms with Crippen LogP contribution in [0.1, 0.15) is 5.56 Å². The van der Waals surface area contributed by atoms with Gasteiger partial charge in [0, 0.05) is 34.6 Å². The van der Waals surface area contributed by atoms with Crippen LogP contribution in [0.15, 0.2) is 90.3 Å². The number of para-hydroxylation sites is 2. The number of rotatable bonds is 3. The predicted octanol–water partition coefficient (Wildman–Crippen LogP) is 5.26. The van der Waals surface area contributed by atoms with Gasteiger partial charge in [-0.2, -0.15) is 0 Å². The lowest BCUT2D eigenvalue weighted by Crippen LogP contribution is -1.90. The Morgan fingerprint density at radius 1 is 0.923 bits per heavy atom. The van der Waals surface area contributed by atoms with E-state index in [1.165, 1.54) is 5.39 Å². The Balaban J connectivity index is 1.51. The fourth-order valence-electron chi connectivity index (χ4n) is 3.22. The van der Waals surface area contributed by atoms with Gasteiger partial charge in [0.25, 0.3) is 0 Å². The lowest BCUT2D eigenvalue weighted by Gasteiger charge is -2.03. The molecular formula is C22H16N4. The van der Waals surface area contributed by atoms with Gasteiger partial charge in [0.15, 0.2) is 0 Å². The second-order valence-corrected chi connectivity index (χ2v) is 6.17. The third-order valence-corrected chi connectivity index (χ3v) is 4.54. The van der Waals surface area contributed by atoms with Crippen molar-refractivity contribution >= 4 is 33.8 Å². The van der Waals surface area contributed by atoms with Gasteiger partial charge >= 0.3 is 0 Å². The van der Waals surface area contributed by atoms with Gasteiger partial charge in [-0.15, -0.1) is 0 Å². The quantitative estimate of drug-likeness (QED) is 0.449. The average molecular weight is 336 g/mol. The van der Waals surface area contributed by atoms with Crippen molar-refractivity contribution in [3.8, 4) is 5.69 Å². The summed E-state index contributed by atoms with van der Waals surface area (Å²) in [6, 6.07) is 24.5. The topological polar surface area (TPSA) is 46.0 Å². The zero-order valence-corrected chi connectivity index (χ0v) is 14.0. The van der Waals surface area contributed by atoms with Crippen molar-refractivity contribution in [2.24, 2.45) is 4.99 Å². The molecule has 0 bridgehead atoms. The molecule has 5 aromatic rings. The minimum Gasteiger partial charge on any atom is -0.361 e. The maximum Gasteiger partial charge on any atom is 0.100 e. The van der Waals surface area contributed by atoms with Gasteiger partial charge in [0.1, 0.15) is 6.33 Å². The third kappa shape index (κ3) is 2.48. The van der Waals surface area contributed by atoms with Crippen molar-refractivity contribution < 1.29 is 0 Å². The summed E-state index contributed by atoms with van der Waals surface area (Å²) in [6.45, 7) is 0. The van der Waals surface area contributed by atoms with Gasteiger partial charge in [-0.3, -0.25) is 9.56 Å². The summed E-state index contributed by atoms with van der Waals surface area (Å²) in [5.41, 5.74) is 6.19. The Morgan fingerprint density at radius 3 is 2.69 bits per heavy atom. The number of imidazole rings is 1. The van der Waals surface area contributed by atoms with Crippen molar-refractivity contribution in [2.45, 2.75) is 0 Å². The summed E-state index contributed by atoms with van der Waals surface area (Å²) in [5.74, 6) is 0. The fraction of sp³-hybridized carbons (Fsp3) is 0. The molecule has 4 heteroatoms. The Bertz CT molecular complexity index is 1230. The molecule has 0 saturated carbocycles. The minimum atomic E-state index is 0.890. The molecule has 4 nitrogen and oxygen atoms in total. The van der Waals surface area contributed by atoms with Gasteiger partial charge in [0.05, 0.1) is 16.7 Å². The summed E-state index contributed by atoms with van der Waals surface area (Å²) < 4.78 is 2.09. The summed E-state index contributed by atoms with van der Waals surface area (Å²) in [4.78, 5) is 12.4. The van der Waals surface area contributed by atoms with Crippen LogP contribution in [0.5, 0.6) is 0 Å². The molecular weight excluding hydrogens is 320 g/mol. The normalized spacial score (nSPS) is 11.7. The first-order valence-corrected chi connectivity index (χ1v) is 8.51. The molecule has 5 rings (SSSR count). The number of aromatic amines is 1. The second kappa shape index (κ2) is 6.01. The fourth-order valence-corrected chi connectivity index (χ4v) is 3.22. The van der Waals surface area contributed by atoms with Crippen LogP contribution in [-0.4, -0.2) is 20.7 Å². The van der Waals surface area contributed by atoms with Crippen LogP contribution in [0.25, 0.3) is 27.6 Å². The number of hydrogen-bond donors (Lipinski definition) is 1. The van der Waals surface area contributed by atoms with E-state index < -0.39 is 0 Å². The van der Waals surface area contributed by atoms with E-state index in [2.05, 4.69) is 49.9 Å². The van der Waals surface area contributed by atoms with E-state index in [0.29, 0.717) is 0 Å². The first-order chi connectivity index (χ1) is 12.9. The van der Waals surface area contributed by atoms with Crippen LogP contribution in [-0.2, 0) is 0 Å². The van der Waals surface area contributed by atoms with E-state index in [1.54, 1.807) is 0 Å². The lowest BCUT2D eigenvalue weighted by atomic mass is 10.2. The summed E-state index contributed by atoms with van der Waals surface area (Å²) in [6.07, 6.45) is 5.73. The van der Waals surface area contributed by atoms with Gasteiger partial charge in [-0.05, 0) is 36.4 Å². The number of fused-ring (bicyclic) bond motifs is 2. The van der Waals surface area contributed by atoms with Gasteiger partial charge in [-0.1, -0.05) is 36.4 Å². The van der Waals surface area contributed by atoms with Gasteiger partial charge in [-0.25, -0.2) is 4.98 Å². The van der Waals surface area contributed by atoms with Crippen LogP contribution in [0, 0.1) is 0 Å². The number of nitrogens with zero attached hydrogens (tertiary/aromatic N) is 3. The number of aromatic nitrogens is 3. The van der Waals surface area contributed by atoms with Crippen LogP contribution in [0.3, 0.4) is 0 Å². The van der Waals surface area contributed by atoms with E-state index in [1.807, 2.05) is 61.2 Å². The van der Waals surface area contributed by atoms with E-state index >= 15 is 0 Å². The monoisotopic (exact) mass is 336 g/mol. The number of H-pyrrole nitrogens is 1. The summed E-state index contributed by atoms with van der Waals surface area (Å²) in [7, 11) is 0. The van der Waals surface area contributed by atoms with Crippen molar-refractivity contribution in [3.05, 3.63) is 90.9 Å². The maximum absolute atomic E-state index is 4.64. The number of aliphatic imine (C=N–C) groups is 1. The molecule has 2 heterocycles. The summed E-state index contributed by atoms with van der Waals surface area (Å²) >= 11 is 0. The highest BCUT2D eigenvalue weighted by Gasteiger charge is 2.05. The zero-order chi connectivity index (χ0) is 17.3. The molecule has 0 saturated heterocycles. The van der Waals surface area contributed by atoms with Crippen molar-refractivity contribution in [2.75, 3.05) is 0 Å². The molecule has 0 aliphatic heterocycles. The van der Waals surface area contributed by atoms with Crippen LogP contribution >= 0.6 is 0 Å². The molecule has 0 amide bonds. The molecule has 0 unspecified atom stereocenters. The van der Waals surface area contributed by atoms with Gasteiger partial charge in [0.2, 0.25) is 0 Å². The first-order valence-electron chi connectivity index (χ1n) is 8.51. The smallest absolute Gasteiger partial charge is 0.100 e. The lowest BCUT2D eigenvalue weighted by molar-refractivity contribution is 1.09. The molecule has 0 aliphatic rings. The predicted molar refractivity (Wildman–Crippen MR) is 107 cm³/mol. The van der Waals surface area contributed by atoms with Crippen LogP contribution in [0.2, 0.25) is 0 Å². The highest BCUT2D eigenvalue weighted by atomic mass is 15.0. The minimum absolute atomic E-state index is 0.890. The molecule has 1 N–H and O–H groups in total. The largest absolute Gasteiger partial charge is 0.361 e. The van der Waals surface area contributed by atoms with E-state index in [-0.39, 0.29) is 0 Å². The van der Waals surface area contributed by atoms with E-state index in [9.17, 15) is 0 Å². The van der Waals surface area contributed by atoms with Crippen molar-refractivity contribution in [1.29, 1.82) is 0 Å². The Hall–Kier alpha value is -3.66. The number of hydrogen-bond acceptors (Lipinski definition) is 2. The van der Waals surface area contributed by atoms with E-state index in [0.717, 1.165) is 33.5 Å². The SMILES string of the molecule is C(=Nc1ccc2c(c1)ncn2-c1ccccc1)c1c[nH]c2ccccc12. The summed E-state index contributed by atoms with van der Waals surface area (Å²) in [5, 5.41) is 1.17. The molecule has 0 radical (unpaired) electrons. The molecule has 0 spiro atoms. The molecule has 0 fully saturated rings.